The van der Waals surface area contributed by atoms with E-state index in [1.165, 1.54) is 16.2 Å². The lowest BCUT2D eigenvalue weighted by Crippen LogP contribution is -2.45. The van der Waals surface area contributed by atoms with Crippen molar-refractivity contribution in [2.45, 2.75) is 53.0 Å². The molecule has 2 aromatic rings. The number of fused-ring (bicyclic) bond motifs is 2. The van der Waals surface area contributed by atoms with Gasteiger partial charge in [-0.2, -0.15) is 0 Å². The van der Waals surface area contributed by atoms with Crippen LogP contribution in [0.15, 0.2) is 53.5 Å². The van der Waals surface area contributed by atoms with E-state index in [2.05, 4.69) is 39.8 Å². The lowest BCUT2D eigenvalue weighted by atomic mass is 9.65. The second-order valence-corrected chi connectivity index (χ2v) is 9.64. The molecule has 4 nitrogen and oxygen atoms in total. The van der Waals surface area contributed by atoms with Crippen molar-refractivity contribution in [2.75, 3.05) is 6.54 Å². The first kappa shape index (κ1) is 20.6. The SMILES string of the molecule is CCc1ccc(/C=C(\C(=O)N2CC3CC2C(C)C(C)(C)C3)n2ccccc2=O)cc1. The van der Waals surface area contributed by atoms with Crippen molar-refractivity contribution in [3.05, 3.63) is 70.1 Å². The van der Waals surface area contributed by atoms with Gasteiger partial charge in [0, 0.05) is 24.8 Å². The first-order valence-corrected chi connectivity index (χ1v) is 11.1. The highest BCUT2D eigenvalue weighted by atomic mass is 16.2. The predicted octanol–water partition coefficient (Wildman–Crippen LogP) is 4.69. The number of nitrogens with zero attached hydrogens (tertiary/aromatic N) is 2. The van der Waals surface area contributed by atoms with E-state index < -0.39 is 0 Å². The van der Waals surface area contributed by atoms with Crippen LogP contribution in [0.2, 0.25) is 0 Å². The van der Waals surface area contributed by atoms with E-state index in [1.54, 1.807) is 18.3 Å². The second kappa shape index (κ2) is 7.90. The maximum absolute atomic E-state index is 13.8. The summed E-state index contributed by atoms with van der Waals surface area (Å²) in [7, 11) is 0. The number of aryl methyl sites for hydroxylation is 1. The van der Waals surface area contributed by atoms with E-state index in [9.17, 15) is 9.59 Å². The highest BCUT2D eigenvalue weighted by molar-refractivity contribution is 6.18. The van der Waals surface area contributed by atoms with Crippen LogP contribution in [0.5, 0.6) is 0 Å². The fourth-order valence-corrected chi connectivity index (χ4v) is 5.28. The third kappa shape index (κ3) is 3.76. The maximum atomic E-state index is 13.8. The third-order valence-corrected chi connectivity index (χ3v) is 7.31. The number of hydrogen-bond donors (Lipinski definition) is 0. The standard InChI is InChI=1S/C26H32N2O2/c1-5-19-9-11-20(12-10-19)14-23(27-13-7-6-8-24(27)29)25(30)28-17-21-15-22(28)18(2)26(3,4)16-21/h6-14,18,21-22H,5,15-17H2,1-4H3/b23-14+. The first-order valence-electron chi connectivity index (χ1n) is 11.1. The molecule has 4 heteroatoms. The van der Waals surface area contributed by atoms with Gasteiger partial charge in [-0.1, -0.05) is 58.0 Å². The summed E-state index contributed by atoms with van der Waals surface area (Å²) in [6.07, 6.45) is 6.75. The Morgan fingerprint density at radius 2 is 1.90 bits per heavy atom. The molecule has 1 aliphatic heterocycles. The molecule has 30 heavy (non-hydrogen) atoms. The summed E-state index contributed by atoms with van der Waals surface area (Å²) >= 11 is 0. The van der Waals surface area contributed by atoms with Crippen molar-refractivity contribution in [3.8, 4) is 0 Å². The molecule has 2 aliphatic rings. The average molecular weight is 405 g/mol. The topological polar surface area (TPSA) is 42.3 Å². The molecule has 1 aromatic heterocycles. The minimum atomic E-state index is -0.183. The van der Waals surface area contributed by atoms with Crippen molar-refractivity contribution in [1.82, 2.24) is 9.47 Å². The van der Waals surface area contributed by atoms with Crippen LogP contribution in [0.25, 0.3) is 11.8 Å². The fourth-order valence-electron chi connectivity index (χ4n) is 5.28. The zero-order chi connectivity index (χ0) is 21.5. The average Bonchev–Trinajstić information content (AvgIpc) is 3.10. The molecule has 3 atom stereocenters. The maximum Gasteiger partial charge on any atom is 0.271 e. The molecule has 1 aliphatic carbocycles. The van der Waals surface area contributed by atoms with E-state index in [0.717, 1.165) is 31.4 Å². The summed E-state index contributed by atoms with van der Waals surface area (Å²) in [6.45, 7) is 9.81. The lowest BCUT2D eigenvalue weighted by Gasteiger charge is -2.42. The number of likely N-dealkylation sites (tertiary alicyclic amines) is 1. The summed E-state index contributed by atoms with van der Waals surface area (Å²) in [6, 6.07) is 13.5. The van der Waals surface area contributed by atoms with Gasteiger partial charge in [-0.3, -0.25) is 14.2 Å². The lowest BCUT2D eigenvalue weighted by molar-refractivity contribution is -0.127. The van der Waals surface area contributed by atoms with E-state index >= 15 is 0 Å². The van der Waals surface area contributed by atoms with Crippen molar-refractivity contribution in [3.63, 3.8) is 0 Å². The van der Waals surface area contributed by atoms with Gasteiger partial charge in [0.2, 0.25) is 0 Å². The first-order chi connectivity index (χ1) is 14.3. The second-order valence-electron chi connectivity index (χ2n) is 9.64. The van der Waals surface area contributed by atoms with Gasteiger partial charge in [0.05, 0.1) is 0 Å². The zero-order valence-corrected chi connectivity index (χ0v) is 18.5. The summed E-state index contributed by atoms with van der Waals surface area (Å²) in [5.74, 6) is 0.931. The van der Waals surface area contributed by atoms with Crippen molar-refractivity contribution in [1.29, 1.82) is 0 Å². The number of pyridine rings is 1. The Morgan fingerprint density at radius 3 is 2.57 bits per heavy atom. The monoisotopic (exact) mass is 404 g/mol. The van der Waals surface area contributed by atoms with Crippen molar-refractivity contribution >= 4 is 17.7 Å². The Morgan fingerprint density at radius 1 is 1.17 bits per heavy atom. The fraction of sp³-hybridized carbons (Fsp3) is 0.462. The molecule has 1 saturated heterocycles. The number of carbonyl (C=O) groups is 1. The molecule has 1 saturated carbocycles. The van der Waals surface area contributed by atoms with Gasteiger partial charge >= 0.3 is 0 Å². The third-order valence-electron chi connectivity index (χ3n) is 7.31. The Kier molecular flexibility index (Phi) is 5.44. The molecule has 1 amide bonds. The van der Waals surface area contributed by atoms with E-state index in [0.29, 0.717) is 17.5 Å². The smallest absolute Gasteiger partial charge is 0.271 e. The molecule has 4 rings (SSSR count). The highest BCUT2D eigenvalue weighted by Gasteiger charge is 2.49. The number of rotatable bonds is 4. The van der Waals surface area contributed by atoms with Crippen LogP contribution in [0.4, 0.5) is 0 Å². The van der Waals surface area contributed by atoms with Crippen LogP contribution in [-0.4, -0.2) is 28.0 Å². The van der Waals surface area contributed by atoms with Gasteiger partial charge in [-0.05, 0) is 59.8 Å². The van der Waals surface area contributed by atoms with E-state index in [4.69, 9.17) is 0 Å². The molecule has 158 valence electrons. The highest BCUT2D eigenvalue weighted by Crippen LogP contribution is 2.49. The van der Waals surface area contributed by atoms with Crippen LogP contribution in [0.1, 0.15) is 51.7 Å². The Bertz CT molecular complexity index is 1020. The van der Waals surface area contributed by atoms with Gasteiger partial charge in [0.25, 0.3) is 11.5 Å². The van der Waals surface area contributed by atoms with Crippen LogP contribution in [0.3, 0.4) is 0 Å². The number of aromatic nitrogens is 1. The zero-order valence-electron chi connectivity index (χ0n) is 18.5. The van der Waals surface area contributed by atoms with E-state index in [1.807, 2.05) is 23.1 Å². The Labute approximate surface area is 179 Å². The molecule has 2 fully saturated rings. The summed E-state index contributed by atoms with van der Waals surface area (Å²) in [5, 5.41) is 0. The van der Waals surface area contributed by atoms with Gasteiger partial charge in [-0.25, -0.2) is 0 Å². The number of benzene rings is 1. The van der Waals surface area contributed by atoms with Crippen LogP contribution < -0.4 is 5.56 Å². The van der Waals surface area contributed by atoms with Gasteiger partial charge < -0.3 is 4.90 Å². The Hall–Kier alpha value is -2.62. The molecular formula is C26H32N2O2. The molecule has 3 unspecified atom stereocenters. The van der Waals surface area contributed by atoms with Crippen molar-refractivity contribution < 1.29 is 4.79 Å². The number of carbonyl (C=O) groups excluding carboxylic acids is 1. The van der Waals surface area contributed by atoms with Crippen LogP contribution in [-0.2, 0) is 11.2 Å². The largest absolute Gasteiger partial charge is 0.334 e. The summed E-state index contributed by atoms with van der Waals surface area (Å²) in [4.78, 5) is 28.5. The number of hydrogen-bond acceptors (Lipinski definition) is 2. The molecule has 0 N–H and O–H groups in total. The summed E-state index contributed by atoms with van der Waals surface area (Å²) < 4.78 is 1.49. The minimum absolute atomic E-state index is 0.0417. The molecule has 0 radical (unpaired) electrons. The minimum Gasteiger partial charge on any atom is -0.334 e. The van der Waals surface area contributed by atoms with E-state index in [-0.39, 0.29) is 22.9 Å². The predicted molar refractivity (Wildman–Crippen MR) is 122 cm³/mol. The molecule has 1 aromatic carbocycles. The molecular weight excluding hydrogens is 372 g/mol. The van der Waals surface area contributed by atoms with Crippen LogP contribution in [0, 0.1) is 17.3 Å². The van der Waals surface area contributed by atoms with Gasteiger partial charge in [-0.15, -0.1) is 0 Å². The summed E-state index contributed by atoms with van der Waals surface area (Å²) in [5.41, 5.74) is 2.66. The molecule has 2 heterocycles. The van der Waals surface area contributed by atoms with Gasteiger partial charge in [0.1, 0.15) is 5.70 Å². The Balaban J connectivity index is 1.75. The quantitative estimate of drug-likeness (QED) is 0.694. The molecule has 0 spiro atoms. The van der Waals surface area contributed by atoms with Crippen LogP contribution >= 0.6 is 0 Å². The van der Waals surface area contributed by atoms with Gasteiger partial charge in [0.15, 0.2) is 0 Å². The molecule has 2 bridgehead atoms. The normalized spacial score (nSPS) is 25.4. The van der Waals surface area contributed by atoms with Crippen molar-refractivity contribution in [2.24, 2.45) is 17.3 Å². The number of amides is 1.